The lowest BCUT2D eigenvalue weighted by molar-refractivity contribution is -0.122. The van der Waals surface area contributed by atoms with E-state index in [1.807, 2.05) is 32.9 Å². The summed E-state index contributed by atoms with van der Waals surface area (Å²) >= 11 is 1.10. The lowest BCUT2D eigenvalue weighted by Crippen LogP contribution is -2.39. The standard InChI is InChI=1S/C25H26FN3O3S/c1-16(2)14-27-23(31)15-29-24(13-22(30)28-20-10-4-17(3)5-11-20)33-21(25(29)32)12-18-6-8-19(26)9-7-18/h4-13,16H,14-15H2,1-3H3,(H,27,31)(H,28,30)/b21-12+,24-13-. The first kappa shape index (κ1) is 24.1. The first-order valence-electron chi connectivity index (χ1n) is 10.5. The molecule has 2 N–H and O–H groups in total. The zero-order valence-electron chi connectivity index (χ0n) is 18.7. The van der Waals surface area contributed by atoms with Gasteiger partial charge in [0.15, 0.2) is 0 Å². The average Bonchev–Trinajstić information content (AvgIpc) is 3.04. The van der Waals surface area contributed by atoms with E-state index in [2.05, 4.69) is 10.6 Å². The number of anilines is 1. The molecule has 1 aromatic heterocycles. The largest absolute Gasteiger partial charge is 0.354 e. The normalized spacial score (nSPS) is 12.3. The number of aromatic nitrogens is 1. The van der Waals surface area contributed by atoms with Gasteiger partial charge in [0, 0.05) is 18.3 Å². The number of benzene rings is 2. The zero-order chi connectivity index (χ0) is 24.0. The molecule has 0 atom stereocenters. The smallest absolute Gasteiger partial charge is 0.269 e. The molecule has 0 saturated heterocycles. The minimum atomic E-state index is -0.412. The molecule has 3 rings (SSSR count). The van der Waals surface area contributed by atoms with Gasteiger partial charge in [-0.25, -0.2) is 4.39 Å². The summed E-state index contributed by atoms with van der Waals surface area (Å²) in [5.41, 5.74) is 1.94. The Hall–Kier alpha value is -3.52. The molecular formula is C25H26FN3O3S. The Kier molecular flexibility index (Phi) is 7.95. The predicted molar refractivity (Wildman–Crippen MR) is 130 cm³/mol. The zero-order valence-corrected chi connectivity index (χ0v) is 19.5. The van der Waals surface area contributed by atoms with Gasteiger partial charge >= 0.3 is 0 Å². The van der Waals surface area contributed by atoms with Crippen LogP contribution in [0.15, 0.2) is 53.3 Å². The van der Waals surface area contributed by atoms with Crippen LogP contribution < -0.4 is 25.4 Å². The van der Waals surface area contributed by atoms with Gasteiger partial charge in [-0.2, -0.15) is 0 Å². The second-order valence-electron chi connectivity index (χ2n) is 8.09. The maximum atomic E-state index is 13.2. The third-order valence-corrected chi connectivity index (χ3v) is 5.75. The Balaban J connectivity index is 1.98. The molecular weight excluding hydrogens is 441 g/mol. The molecule has 8 heteroatoms. The van der Waals surface area contributed by atoms with E-state index in [1.165, 1.54) is 22.8 Å². The summed E-state index contributed by atoms with van der Waals surface area (Å²) in [6.07, 6.45) is 2.92. The lowest BCUT2D eigenvalue weighted by Gasteiger charge is -2.08. The van der Waals surface area contributed by atoms with E-state index in [-0.39, 0.29) is 24.2 Å². The first-order valence-corrected chi connectivity index (χ1v) is 11.4. The van der Waals surface area contributed by atoms with Crippen LogP contribution in [0.3, 0.4) is 0 Å². The van der Waals surface area contributed by atoms with Crippen LogP contribution in [-0.4, -0.2) is 22.9 Å². The lowest BCUT2D eigenvalue weighted by atomic mass is 10.2. The van der Waals surface area contributed by atoms with Crippen LogP contribution in [0.2, 0.25) is 0 Å². The number of carbonyl (C=O) groups excluding carboxylic acids is 2. The van der Waals surface area contributed by atoms with Crippen molar-refractivity contribution < 1.29 is 14.0 Å². The number of halogens is 1. The maximum Gasteiger partial charge on any atom is 0.269 e. The highest BCUT2D eigenvalue weighted by Crippen LogP contribution is 2.08. The molecule has 0 fully saturated rings. The highest BCUT2D eigenvalue weighted by molar-refractivity contribution is 7.07. The second-order valence-corrected chi connectivity index (χ2v) is 9.15. The molecule has 0 aliphatic carbocycles. The quantitative estimate of drug-likeness (QED) is 0.560. The number of nitrogens with one attached hydrogen (secondary N) is 2. The number of nitrogens with zero attached hydrogens (tertiary/aromatic N) is 1. The maximum absolute atomic E-state index is 13.2. The number of rotatable bonds is 7. The molecule has 2 amide bonds. The van der Waals surface area contributed by atoms with Crippen molar-refractivity contribution in [1.82, 2.24) is 9.88 Å². The third-order valence-electron chi connectivity index (χ3n) is 4.69. The van der Waals surface area contributed by atoms with Crippen LogP contribution in [0.25, 0.3) is 12.2 Å². The van der Waals surface area contributed by atoms with Gasteiger partial charge in [0.2, 0.25) is 5.91 Å². The van der Waals surface area contributed by atoms with Gasteiger partial charge in [-0.15, -0.1) is 11.3 Å². The van der Waals surface area contributed by atoms with Crippen molar-refractivity contribution in [2.45, 2.75) is 27.3 Å². The molecule has 0 unspecified atom stereocenters. The third kappa shape index (κ3) is 6.98. The Morgan fingerprint density at radius 3 is 2.39 bits per heavy atom. The number of amides is 2. The van der Waals surface area contributed by atoms with E-state index < -0.39 is 11.5 Å². The van der Waals surface area contributed by atoms with Crippen LogP contribution >= 0.6 is 11.3 Å². The van der Waals surface area contributed by atoms with Crippen LogP contribution in [0.1, 0.15) is 25.0 Å². The van der Waals surface area contributed by atoms with Crippen LogP contribution in [-0.2, 0) is 16.1 Å². The van der Waals surface area contributed by atoms with Gasteiger partial charge < -0.3 is 10.6 Å². The van der Waals surface area contributed by atoms with Gasteiger partial charge in [-0.05, 0) is 48.7 Å². The molecule has 172 valence electrons. The summed E-state index contributed by atoms with van der Waals surface area (Å²) < 4.78 is 15.2. The van der Waals surface area contributed by atoms with Crippen molar-refractivity contribution in [3.8, 4) is 0 Å². The topological polar surface area (TPSA) is 80.2 Å². The Morgan fingerprint density at radius 2 is 1.76 bits per heavy atom. The molecule has 2 aromatic carbocycles. The Bertz CT molecular complexity index is 1310. The predicted octanol–water partition coefficient (Wildman–Crippen LogP) is 2.38. The fraction of sp³-hybridized carbons (Fsp3) is 0.240. The minimum absolute atomic E-state index is 0.205. The van der Waals surface area contributed by atoms with E-state index >= 15 is 0 Å². The van der Waals surface area contributed by atoms with Gasteiger partial charge in [-0.1, -0.05) is 43.7 Å². The van der Waals surface area contributed by atoms with Crippen molar-refractivity contribution in [2.24, 2.45) is 5.92 Å². The van der Waals surface area contributed by atoms with Crippen LogP contribution in [0.5, 0.6) is 0 Å². The number of hydrogen-bond donors (Lipinski definition) is 2. The van der Waals surface area contributed by atoms with Crippen molar-refractivity contribution in [2.75, 3.05) is 11.9 Å². The molecule has 33 heavy (non-hydrogen) atoms. The van der Waals surface area contributed by atoms with Gasteiger partial charge in [0.25, 0.3) is 11.5 Å². The van der Waals surface area contributed by atoms with Gasteiger partial charge in [0.05, 0.1) is 4.53 Å². The van der Waals surface area contributed by atoms with E-state index in [1.54, 1.807) is 30.3 Å². The summed E-state index contributed by atoms with van der Waals surface area (Å²) in [4.78, 5) is 38.1. The average molecular weight is 468 g/mol. The molecule has 0 aliphatic heterocycles. The summed E-state index contributed by atoms with van der Waals surface area (Å²) in [5.74, 6) is -0.837. The fourth-order valence-electron chi connectivity index (χ4n) is 2.95. The van der Waals surface area contributed by atoms with Gasteiger partial charge in [-0.3, -0.25) is 19.0 Å². The number of thiazole rings is 1. The van der Waals surface area contributed by atoms with Crippen molar-refractivity contribution in [1.29, 1.82) is 0 Å². The summed E-state index contributed by atoms with van der Waals surface area (Å²) in [5, 5.41) is 5.56. The van der Waals surface area contributed by atoms with E-state index in [4.69, 9.17) is 0 Å². The molecule has 0 bridgehead atoms. The minimum Gasteiger partial charge on any atom is -0.354 e. The number of carbonyl (C=O) groups is 2. The highest BCUT2D eigenvalue weighted by atomic mass is 32.1. The molecule has 3 aromatic rings. The Labute approximate surface area is 195 Å². The van der Waals surface area contributed by atoms with Gasteiger partial charge in [0.1, 0.15) is 17.0 Å². The first-order chi connectivity index (χ1) is 15.7. The van der Waals surface area contributed by atoms with Crippen LogP contribution in [0.4, 0.5) is 10.1 Å². The van der Waals surface area contributed by atoms with E-state index in [0.29, 0.717) is 27.0 Å². The Morgan fingerprint density at radius 1 is 1.09 bits per heavy atom. The fourth-order valence-corrected chi connectivity index (χ4v) is 3.99. The van der Waals surface area contributed by atoms with Crippen molar-refractivity contribution >= 4 is 41.0 Å². The van der Waals surface area contributed by atoms with E-state index in [0.717, 1.165) is 16.9 Å². The van der Waals surface area contributed by atoms with Crippen LogP contribution in [0, 0.1) is 18.7 Å². The molecule has 0 aliphatic rings. The van der Waals surface area contributed by atoms with Crippen molar-refractivity contribution in [3.63, 3.8) is 0 Å². The monoisotopic (exact) mass is 467 g/mol. The molecule has 1 heterocycles. The SMILES string of the molecule is Cc1ccc(NC(=O)/C=c2\s/c(=C/c3ccc(F)cc3)c(=O)n2CC(=O)NCC(C)C)cc1. The van der Waals surface area contributed by atoms with Crippen molar-refractivity contribution in [3.05, 3.63) is 85.0 Å². The molecule has 0 spiro atoms. The molecule has 0 radical (unpaired) electrons. The van der Waals surface area contributed by atoms with E-state index in [9.17, 15) is 18.8 Å². The number of aryl methyl sites for hydroxylation is 1. The number of hydrogen-bond acceptors (Lipinski definition) is 4. The summed E-state index contributed by atoms with van der Waals surface area (Å²) in [7, 11) is 0. The highest BCUT2D eigenvalue weighted by Gasteiger charge is 2.11. The molecule has 6 nitrogen and oxygen atoms in total. The second kappa shape index (κ2) is 10.9. The summed E-state index contributed by atoms with van der Waals surface area (Å²) in [6.45, 7) is 6.18. The summed E-state index contributed by atoms with van der Waals surface area (Å²) in [6, 6.07) is 13.1. The molecule has 0 saturated carbocycles.